The van der Waals surface area contributed by atoms with Crippen molar-refractivity contribution in [1.82, 2.24) is 0 Å². The molecule has 0 bridgehead atoms. The molecular formula is C15H22ClN3O8S3. The van der Waals surface area contributed by atoms with Gasteiger partial charge in [-0.25, -0.2) is 35.5 Å². The monoisotopic (exact) mass is 503 g/mol. The Hall–Kier alpha value is -1.78. The lowest BCUT2D eigenvalue weighted by Crippen LogP contribution is -2.13. The van der Waals surface area contributed by atoms with E-state index in [1.165, 1.54) is 18.2 Å². The Bertz CT molecular complexity index is 1210. The molecule has 0 fully saturated rings. The molecule has 2 aromatic rings. The molecule has 0 atom stereocenters. The highest BCUT2D eigenvalue weighted by atomic mass is 35.7. The van der Waals surface area contributed by atoms with Crippen molar-refractivity contribution in [1.29, 1.82) is 0 Å². The molecule has 0 aliphatic carbocycles. The second-order valence-electron chi connectivity index (χ2n) is 5.47. The van der Waals surface area contributed by atoms with Crippen LogP contribution in [0.4, 0.5) is 5.69 Å². The normalized spacial score (nSPS) is 11.8. The molecule has 2 rings (SSSR count). The number of benzene rings is 2. The van der Waals surface area contributed by atoms with Crippen LogP contribution in [0.25, 0.3) is 0 Å². The average Bonchev–Trinajstić information content (AvgIpc) is 2.59. The quantitative estimate of drug-likeness (QED) is 0.268. The van der Waals surface area contributed by atoms with E-state index in [9.17, 15) is 25.3 Å². The first-order valence-corrected chi connectivity index (χ1v) is 12.7. The van der Waals surface area contributed by atoms with Crippen molar-refractivity contribution >= 4 is 45.5 Å². The van der Waals surface area contributed by atoms with Crippen LogP contribution in [0, 0.1) is 0 Å². The lowest BCUT2D eigenvalue weighted by atomic mass is 10.2. The molecule has 0 radical (unpaired) electrons. The lowest BCUT2D eigenvalue weighted by Gasteiger charge is -2.05. The summed E-state index contributed by atoms with van der Waals surface area (Å²) in [4.78, 5) is -0.685. The Morgan fingerprint density at radius 1 is 0.767 bits per heavy atom. The van der Waals surface area contributed by atoms with Crippen molar-refractivity contribution in [3.63, 3.8) is 0 Å². The van der Waals surface area contributed by atoms with Crippen LogP contribution >= 0.6 is 10.7 Å². The summed E-state index contributed by atoms with van der Waals surface area (Å²) in [6.07, 6.45) is 0. The summed E-state index contributed by atoms with van der Waals surface area (Å²) in [7, 11) is -6.61. The second kappa shape index (κ2) is 10.5. The van der Waals surface area contributed by atoms with Crippen molar-refractivity contribution in [3.05, 3.63) is 47.5 Å². The van der Waals surface area contributed by atoms with Gasteiger partial charge in [-0.1, -0.05) is 7.43 Å². The molecule has 8 N–H and O–H groups in total. The van der Waals surface area contributed by atoms with Crippen LogP contribution < -0.4 is 16.0 Å². The van der Waals surface area contributed by atoms with Crippen LogP contribution in [0.15, 0.2) is 51.1 Å². The largest absolute Gasteiger partial charge is 0.398 e. The van der Waals surface area contributed by atoms with Crippen molar-refractivity contribution < 1.29 is 35.5 Å². The van der Waals surface area contributed by atoms with E-state index in [0.717, 1.165) is 18.2 Å². The molecule has 2 aromatic carbocycles. The van der Waals surface area contributed by atoms with E-state index in [4.69, 9.17) is 36.9 Å². The minimum absolute atomic E-state index is 0. The summed E-state index contributed by atoms with van der Waals surface area (Å²) in [6.45, 7) is -0.972. The average molecular weight is 504 g/mol. The van der Waals surface area contributed by atoms with Crippen LogP contribution in [-0.4, -0.2) is 35.5 Å². The van der Waals surface area contributed by atoms with Gasteiger partial charge in [0.2, 0.25) is 20.0 Å². The van der Waals surface area contributed by atoms with Gasteiger partial charge >= 0.3 is 0 Å². The highest BCUT2D eigenvalue weighted by Gasteiger charge is 2.18. The van der Waals surface area contributed by atoms with E-state index in [1.54, 1.807) is 0 Å². The molecule has 170 valence electrons. The van der Waals surface area contributed by atoms with Crippen molar-refractivity contribution in [2.75, 3.05) is 5.73 Å². The van der Waals surface area contributed by atoms with Crippen molar-refractivity contribution in [3.8, 4) is 0 Å². The SMILES string of the molecule is C.NS(=O)(=O)c1ccc(S(=O)(=O)Cl)c(CO)c1.Nc1ccc(S(N)(=O)=O)cc1CO. The third kappa shape index (κ3) is 7.81. The van der Waals surface area contributed by atoms with Crippen molar-refractivity contribution in [2.24, 2.45) is 10.3 Å². The van der Waals surface area contributed by atoms with Gasteiger partial charge in [-0.3, -0.25) is 0 Å². The molecule has 0 aliphatic rings. The summed E-state index contributed by atoms with van der Waals surface area (Å²) >= 11 is 0. The van der Waals surface area contributed by atoms with Crippen LogP contribution in [-0.2, 0) is 42.3 Å². The van der Waals surface area contributed by atoms with Gasteiger partial charge in [-0.2, -0.15) is 0 Å². The zero-order valence-electron chi connectivity index (χ0n) is 14.6. The van der Waals surface area contributed by atoms with E-state index in [2.05, 4.69) is 0 Å². The molecule has 0 heterocycles. The maximum Gasteiger partial charge on any atom is 0.261 e. The molecule has 0 aromatic heterocycles. The van der Waals surface area contributed by atoms with E-state index >= 15 is 0 Å². The molecule has 0 saturated carbocycles. The summed E-state index contributed by atoms with van der Waals surface area (Å²) in [5.74, 6) is 0. The Labute approximate surface area is 179 Å². The van der Waals surface area contributed by atoms with Gasteiger partial charge in [-0.05, 0) is 42.0 Å². The molecule has 15 heteroatoms. The fourth-order valence-corrected chi connectivity index (χ4v) is 4.24. The number of hydrogen-bond acceptors (Lipinski definition) is 9. The predicted octanol–water partition coefficient (Wildman–Crippen LogP) is -0.202. The van der Waals surface area contributed by atoms with E-state index in [1.807, 2.05) is 0 Å². The Morgan fingerprint density at radius 2 is 1.17 bits per heavy atom. The van der Waals surface area contributed by atoms with Crippen LogP contribution in [0.2, 0.25) is 0 Å². The van der Waals surface area contributed by atoms with Crippen molar-refractivity contribution in [2.45, 2.75) is 35.3 Å². The number of aliphatic hydroxyl groups is 2. The first-order chi connectivity index (χ1) is 13.1. The molecular weight excluding hydrogens is 482 g/mol. The number of sulfonamides is 2. The molecule has 30 heavy (non-hydrogen) atoms. The highest BCUT2D eigenvalue weighted by molar-refractivity contribution is 8.13. The first kappa shape index (κ1) is 28.2. The molecule has 0 amide bonds. The molecule has 11 nitrogen and oxygen atoms in total. The standard InChI is InChI=1S/C7H8ClNO5S2.C7H10N2O3S.CH4/c8-15(11,12)7-2-1-6(16(9,13)14)3-5(7)4-10;8-7-2-1-6(13(9,11)12)3-5(7)4-10;/h1-3,10H,4H2,(H2,9,13,14);1-3,10H,4,8H2,(H2,9,11,12);1H4. The number of primary sulfonamides is 2. The van der Waals surface area contributed by atoms with Crippen LogP contribution in [0.3, 0.4) is 0 Å². The number of aliphatic hydroxyl groups excluding tert-OH is 2. The van der Waals surface area contributed by atoms with Crippen LogP contribution in [0.5, 0.6) is 0 Å². The van der Waals surface area contributed by atoms with E-state index in [-0.39, 0.29) is 34.3 Å². The maximum atomic E-state index is 11.0. The Kier molecular flexibility index (Phi) is 9.88. The predicted molar refractivity (Wildman–Crippen MR) is 112 cm³/mol. The zero-order chi connectivity index (χ0) is 22.6. The summed E-state index contributed by atoms with van der Waals surface area (Å²) in [5, 5.41) is 27.4. The number of nitrogens with two attached hydrogens (primary N) is 3. The topological polar surface area (TPSA) is 221 Å². The third-order valence-electron chi connectivity index (χ3n) is 3.41. The van der Waals surface area contributed by atoms with Gasteiger partial charge in [0.25, 0.3) is 9.05 Å². The number of rotatable bonds is 5. The van der Waals surface area contributed by atoms with Gasteiger partial charge in [0, 0.05) is 21.9 Å². The maximum absolute atomic E-state index is 11.0. The molecule has 0 unspecified atom stereocenters. The third-order valence-corrected chi connectivity index (χ3v) is 6.65. The summed E-state index contributed by atoms with van der Waals surface area (Å²) < 4.78 is 65.8. The number of nitrogen functional groups attached to an aromatic ring is 1. The number of anilines is 1. The smallest absolute Gasteiger partial charge is 0.261 e. The minimum Gasteiger partial charge on any atom is -0.398 e. The molecule has 0 spiro atoms. The second-order valence-corrected chi connectivity index (χ2v) is 11.1. The Balaban J connectivity index is 0.000000553. The van der Waals surface area contributed by atoms with E-state index in [0.29, 0.717) is 11.3 Å². The summed E-state index contributed by atoms with van der Waals surface area (Å²) in [6, 6.07) is 6.89. The summed E-state index contributed by atoms with van der Waals surface area (Å²) in [5.41, 5.74) is 6.02. The Morgan fingerprint density at radius 3 is 1.53 bits per heavy atom. The van der Waals surface area contributed by atoms with Gasteiger partial charge < -0.3 is 15.9 Å². The van der Waals surface area contributed by atoms with Crippen LogP contribution in [0.1, 0.15) is 18.6 Å². The highest BCUT2D eigenvalue weighted by Crippen LogP contribution is 2.23. The van der Waals surface area contributed by atoms with Gasteiger partial charge in [0.05, 0.1) is 27.9 Å². The van der Waals surface area contributed by atoms with Gasteiger partial charge in [0.15, 0.2) is 0 Å². The van der Waals surface area contributed by atoms with Gasteiger partial charge in [-0.15, -0.1) is 0 Å². The van der Waals surface area contributed by atoms with Gasteiger partial charge in [0.1, 0.15) is 0 Å². The first-order valence-electron chi connectivity index (χ1n) is 7.34. The molecule has 0 saturated heterocycles. The number of hydrogen-bond donors (Lipinski definition) is 5. The minimum atomic E-state index is -4.03. The zero-order valence-corrected chi connectivity index (χ0v) is 17.8. The lowest BCUT2D eigenvalue weighted by molar-refractivity contribution is 0.278. The molecule has 0 aliphatic heterocycles. The van der Waals surface area contributed by atoms with E-state index < -0.39 is 35.7 Å². The number of halogens is 1. The fourth-order valence-electron chi connectivity index (χ4n) is 1.99. The fraction of sp³-hybridized carbons (Fsp3) is 0.200.